The fourth-order valence-electron chi connectivity index (χ4n) is 2.45. The van der Waals surface area contributed by atoms with E-state index in [0.717, 1.165) is 34.7 Å². The topological polar surface area (TPSA) is 75.6 Å². The van der Waals surface area contributed by atoms with Gasteiger partial charge in [-0.05, 0) is 36.2 Å². The average molecular weight is 395 g/mol. The number of hydrazone groups is 1. The van der Waals surface area contributed by atoms with Crippen molar-refractivity contribution >= 4 is 34.3 Å². The zero-order valence-electron chi connectivity index (χ0n) is 15.8. The van der Waals surface area contributed by atoms with Gasteiger partial charge in [0, 0.05) is 23.6 Å². The van der Waals surface area contributed by atoms with Crippen LogP contribution in [0.25, 0.3) is 11.3 Å². The Hall–Kier alpha value is -3.19. The number of thiazole rings is 1. The fourth-order valence-corrected chi connectivity index (χ4v) is 3.12. The van der Waals surface area contributed by atoms with Crippen molar-refractivity contribution in [2.45, 2.75) is 20.3 Å². The van der Waals surface area contributed by atoms with Gasteiger partial charge in [-0.25, -0.2) is 4.98 Å². The molecule has 1 heterocycles. The summed E-state index contributed by atoms with van der Waals surface area (Å²) in [6.45, 7) is 4.27. The van der Waals surface area contributed by atoms with Crippen LogP contribution in [0.4, 0.5) is 10.8 Å². The largest absolute Gasteiger partial charge is 0.494 e. The van der Waals surface area contributed by atoms with Gasteiger partial charge in [0.05, 0.1) is 18.5 Å². The summed E-state index contributed by atoms with van der Waals surface area (Å²) < 4.78 is 5.63. The van der Waals surface area contributed by atoms with Crippen molar-refractivity contribution in [2.75, 3.05) is 17.3 Å². The number of aromatic nitrogens is 1. The predicted molar refractivity (Wildman–Crippen MR) is 115 cm³/mol. The first kappa shape index (κ1) is 19.6. The highest BCUT2D eigenvalue weighted by Gasteiger charge is 2.04. The predicted octanol–water partition coefficient (Wildman–Crippen LogP) is 5.00. The first-order valence-electron chi connectivity index (χ1n) is 8.99. The summed E-state index contributed by atoms with van der Waals surface area (Å²) in [5.74, 6) is 0.748. The number of anilines is 2. The molecule has 0 aliphatic rings. The second-order valence-corrected chi connectivity index (χ2v) is 6.95. The Labute approximate surface area is 168 Å². The van der Waals surface area contributed by atoms with Gasteiger partial charge in [-0.1, -0.05) is 31.2 Å². The van der Waals surface area contributed by atoms with E-state index < -0.39 is 0 Å². The molecule has 0 fully saturated rings. The van der Waals surface area contributed by atoms with Crippen LogP contribution in [0.1, 0.15) is 25.8 Å². The molecule has 3 rings (SSSR count). The molecule has 0 radical (unpaired) electrons. The molecular weight excluding hydrogens is 372 g/mol. The van der Waals surface area contributed by atoms with E-state index in [9.17, 15) is 4.79 Å². The monoisotopic (exact) mass is 394 g/mol. The van der Waals surface area contributed by atoms with Crippen LogP contribution in [0.5, 0.6) is 5.75 Å². The van der Waals surface area contributed by atoms with Crippen molar-refractivity contribution in [3.8, 4) is 17.0 Å². The molecule has 6 nitrogen and oxygen atoms in total. The minimum atomic E-state index is -0.0896. The van der Waals surface area contributed by atoms with Gasteiger partial charge in [-0.15, -0.1) is 11.3 Å². The van der Waals surface area contributed by atoms with E-state index in [-0.39, 0.29) is 5.91 Å². The molecule has 0 bridgehead atoms. The Morgan fingerprint density at radius 1 is 1.25 bits per heavy atom. The molecule has 0 atom stereocenters. The lowest BCUT2D eigenvalue weighted by molar-refractivity contribution is -0.114. The Bertz CT molecular complexity index is 951. The SMILES string of the molecule is CCCOc1cccc(/C=N\Nc2nc(-c3ccc(NC(C)=O)cc3)cs2)c1. The number of rotatable bonds is 8. The summed E-state index contributed by atoms with van der Waals surface area (Å²) in [7, 11) is 0. The van der Waals surface area contributed by atoms with E-state index in [1.165, 1.54) is 18.3 Å². The lowest BCUT2D eigenvalue weighted by atomic mass is 10.1. The standard InChI is InChI=1S/C21H22N4O2S/c1-3-11-27-19-6-4-5-16(12-19)13-22-25-21-24-20(14-28-21)17-7-9-18(10-8-17)23-15(2)26/h4-10,12-14H,3,11H2,1-2H3,(H,23,26)(H,24,25)/b22-13-. The van der Waals surface area contributed by atoms with Crippen LogP contribution >= 0.6 is 11.3 Å². The van der Waals surface area contributed by atoms with Gasteiger partial charge in [0.1, 0.15) is 5.75 Å². The maximum atomic E-state index is 11.1. The number of ether oxygens (including phenoxy) is 1. The lowest BCUT2D eigenvalue weighted by Crippen LogP contribution is -2.05. The summed E-state index contributed by atoms with van der Waals surface area (Å²) in [6.07, 6.45) is 2.71. The number of hydrogen-bond acceptors (Lipinski definition) is 6. The maximum Gasteiger partial charge on any atom is 0.221 e. The van der Waals surface area contributed by atoms with Crippen molar-refractivity contribution in [1.29, 1.82) is 0 Å². The third-order valence-corrected chi connectivity index (χ3v) is 4.46. The van der Waals surface area contributed by atoms with Gasteiger partial charge in [-0.2, -0.15) is 5.10 Å². The number of hydrogen-bond donors (Lipinski definition) is 2. The lowest BCUT2D eigenvalue weighted by Gasteiger charge is -2.04. The van der Waals surface area contributed by atoms with E-state index in [0.29, 0.717) is 11.7 Å². The Morgan fingerprint density at radius 3 is 2.82 bits per heavy atom. The molecule has 0 aliphatic heterocycles. The molecule has 2 N–H and O–H groups in total. The van der Waals surface area contributed by atoms with Crippen LogP contribution in [0.2, 0.25) is 0 Å². The van der Waals surface area contributed by atoms with Crippen molar-refractivity contribution in [3.63, 3.8) is 0 Å². The fraction of sp³-hybridized carbons (Fsp3) is 0.190. The van der Waals surface area contributed by atoms with E-state index >= 15 is 0 Å². The molecule has 28 heavy (non-hydrogen) atoms. The van der Waals surface area contributed by atoms with Crippen molar-refractivity contribution in [1.82, 2.24) is 4.98 Å². The zero-order chi connectivity index (χ0) is 19.8. The molecule has 1 amide bonds. The smallest absolute Gasteiger partial charge is 0.221 e. The van der Waals surface area contributed by atoms with Crippen molar-refractivity contribution in [3.05, 3.63) is 59.5 Å². The summed E-state index contributed by atoms with van der Waals surface area (Å²) in [5, 5.41) is 9.67. The molecule has 0 spiro atoms. The number of amides is 1. The molecule has 0 saturated carbocycles. The van der Waals surface area contributed by atoms with E-state index in [1.807, 2.05) is 53.9 Å². The molecule has 3 aromatic rings. The van der Waals surface area contributed by atoms with Crippen LogP contribution < -0.4 is 15.5 Å². The van der Waals surface area contributed by atoms with E-state index in [1.54, 1.807) is 6.21 Å². The zero-order valence-corrected chi connectivity index (χ0v) is 16.6. The number of carbonyl (C=O) groups excluding carboxylic acids is 1. The minimum Gasteiger partial charge on any atom is -0.494 e. The Kier molecular flexibility index (Phi) is 6.75. The third kappa shape index (κ3) is 5.65. The number of nitrogens with zero attached hydrogens (tertiary/aromatic N) is 2. The van der Waals surface area contributed by atoms with E-state index in [2.05, 4.69) is 27.8 Å². The van der Waals surface area contributed by atoms with Crippen LogP contribution in [0, 0.1) is 0 Å². The molecule has 0 unspecified atom stereocenters. The summed E-state index contributed by atoms with van der Waals surface area (Å²) in [4.78, 5) is 15.6. The highest BCUT2D eigenvalue weighted by molar-refractivity contribution is 7.14. The van der Waals surface area contributed by atoms with Crippen molar-refractivity contribution in [2.24, 2.45) is 5.10 Å². The first-order chi connectivity index (χ1) is 13.6. The molecule has 7 heteroatoms. The van der Waals surface area contributed by atoms with Gasteiger partial charge in [-0.3, -0.25) is 10.2 Å². The van der Waals surface area contributed by atoms with Gasteiger partial charge < -0.3 is 10.1 Å². The van der Waals surface area contributed by atoms with Crippen molar-refractivity contribution < 1.29 is 9.53 Å². The highest BCUT2D eigenvalue weighted by Crippen LogP contribution is 2.26. The minimum absolute atomic E-state index is 0.0896. The number of nitrogens with one attached hydrogen (secondary N) is 2. The van der Waals surface area contributed by atoms with Gasteiger partial charge in [0.15, 0.2) is 0 Å². The second kappa shape index (κ2) is 9.66. The van der Waals surface area contributed by atoms with Gasteiger partial charge in [0.2, 0.25) is 11.0 Å². The quantitative estimate of drug-likeness (QED) is 0.416. The molecule has 144 valence electrons. The van der Waals surface area contributed by atoms with E-state index in [4.69, 9.17) is 4.74 Å². The molecular formula is C21H22N4O2S. The van der Waals surface area contributed by atoms with Crippen LogP contribution in [-0.2, 0) is 4.79 Å². The molecule has 0 aliphatic carbocycles. The number of carbonyl (C=O) groups is 1. The van der Waals surface area contributed by atoms with Crippen LogP contribution in [0.15, 0.2) is 59.0 Å². The number of benzene rings is 2. The summed E-state index contributed by atoms with van der Waals surface area (Å²) in [6, 6.07) is 15.4. The Morgan fingerprint density at radius 2 is 2.07 bits per heavy atom. The molecule has 1 aromatic heterocycles. The Balaban J connectivity index is 1.60. The third-order valence-electron chi connectivity index (χ3n) is 3.71. The second-order valence-electron chi connectivity index (χ2n) is 6.09. The van der Waals surface area contributed by atoms with Crippen LogP contribution in [-0.4, -0.2) is 23.7 Å². The summed E-state index contributed by atoms with van der Waals surface area (Å²) in [5.41, 5.74) is 6.51. The van der Waals surface area contributed by atoms with Gasteiger partial charge >= 0.3 is 0 Å². The average Bonchev–Trinajstić information content (AvgIpc) is 3.16. The summed E-state index contributed by atoms with van der Waals surface area (Å²) >= 11 is 1.48. The normalized spacial score (nSPS) is 10.8. The highest BCUT2D eigenvalue weighted by atomic mass is 32.1. The van der Waals surface area contributed by atoms with Gasteiger partial charge in [0.25, 0.3) is 0 Å². The molecule has 2 aromatic carbocycles. The maximum absolute atomic E-state index is 11.1. The molecule has 0 saturated heterocycles. The van der Waals surface area contributed by atoms with Crippen LogP contribution in [0.3, 0.4) is 0 Å². The first-order valence-corrected chi connectivity index (χ1v) is 9.87.